The fraction of sp³-hybridized carbons (Fsp3) is 0.125. The van der Waals surface area contributed by atoms with Crippen LogP contribution in [0.1, 0.15) is 10.4 Å². The number of anilines is 2. The second-order valence-electron chi connectivity index (χ2n) is 4.84. The fourth-order valence-corrected chi connectivity index (χ4v) is 2.37. The van der Waals surface area contributed by atoms with Crippen LogP contribution in [0.3, 0.4) is 0 Å². The quantitative estimate of drug-likeness (QED) is 0.891. The van der Waals surface area contributed by atoms with Crippen LogP contribution in [0, 0.1) is 0 Å². The Balaban J connectivity index is 1.84. The van der Waals surface area contributed by atoms with Gasteiger partial charge in [0.05, 0.1) is 12.2 Å². The van der Waals surface area contributed by atoms with Gasteiger partial charge in [0.2, 0.25) is 0 Å². The number of urea groups is 1. The van der Waals surface area contributed by atoms with E-state index in [1.54, 1.807) is 29.2 Å². The van der Waals surface area contributed by atoms with Crippen LogP contribution in [0.5, 0.6) is 5.75 Å². The number of primary amides is 1. The molecule has 0 fully saturated rings. The van der Waals surface area contributed by atoms with Crippen LogP contribution in [-0.2, 0) is 0 Å². The lowest BCUT2D eigenvalue weighted by atomic mass is 10.1. The van der Waals surface area contributed by atoms with E-state index in [4.69, 9.17) is 10.5 Å². The van der Waals surface area contributed by atoms with Crippen molar-refractivity contribution in [1.82, 2.24) is 0 Å². The summed E-state index contributed by atoms with van der Waals surface area (Å²) in [7, 11) is 0. The maximum atomic E-state index is 12.7. The fourth-order valence-electron chi connectivity index (χ4n) is 2.37. The molecule has 3 N–H and O–H groups in total. The van der Waals surface area contributed by atoms with Gasteiger partial charge in [0, 0.05) is 11.3 Å². The van der Waals surface area contributed by atoms with Crippen molar-refractivity contribution in [3.8, 4) is 5.75 Å². The monoisotopic (exact) mass is 297 g/mol. The molecule has 0 saturated heterocycles. The van der Waals surface area contributed by atoms with Gasteiger partial charge in [-0.2, -0.15) is 0 Å². The van der Waals surface area contributed by atoms with Crippen molar-refractivity contribution in [3.63, 3.8) is 0 Å². The van der Waals surface area contributed by atoms with E-state index >= 15 is 0 Å². The first-order chi connectivity index (χ1) is 10.6. The lowest BCUT2D eigenvalue weighted by molar-refractivity contribution is 0.0976. The molecule has 0 atom stereocenters. The molecule has 3 amide bonds. The van der Waals surface area contributed by atoms with Gasteiger partial charge in [-0.3, -0.25) is 4.79 Å². The number of hydrogen-bond acceptors (Lipinski definition) is 3. The average Bonchev–Trinajstić information content (AvgIpc) is 2.54. The molecule has 0 radical (unpaired) electrons. The molecular formula is C16H15N3O3. The highest BCUT2D eigenvalue weighted by Gasteiger charge is 2.24. The Bertz CT molecular complexity index is 713. The first-order valence-corrected chi connectivity index (χ1v) is 6.85. The predicted molar refractivity (Wildman–Crippen MR) is 83.3 cm³/mol. The van der Waals surface area contributed by atoms with Crippen LogP contribution in [0.4, 0.5) is 16.2 Å². The minimum Gasteiger partial charge on any atom is -0.490 e. The normalized spacial score (nSPS) is 13.0. The third-order valence-corrected chi connectivity index (χ3v) is 3.37. The first-order valence-electron chi connectivity index (χ1n) is 6.85. The molecular weight excluding hydrogens is 282 g/mol. The van der Waals surface area contributed by atoms with Gasteiger partial charge in [0.15, 0.2) is 0 Å². The van der Waals surface area contributed by atoms with Crippen LogP contribution in [0.25, 0.3) is 0 Å². The molecule has 1 aliphatic heterocycles. The van der Waals surface area contributed by atoms with Gasteiger partial charge in [-0.05, 0) is 36.4 Å². The molecule has 0 bridgehead atoms. The molecule has 0 unspecified atom stereocenters. The van der Waals surface area contributed by atoms with Gasteiger partial charge in [-0.1, -0.05) is 12.1 Å². The van der Waals surface area contributed by atoms with Crippen molar-refractivity contribution in [3.05, 3.63) is 54.1 Å². The predicted octanol–water partition coefficient (Wildman–Crippen LogP) is 2.22. The summed E-state index contributed by atoms with van der Waals surface area (Å²) in [6.07, 6.45) is 0. The lowest BCUT2D eigenvalue weighted by Gasteiger charge is -2.29. The Morgan fingerprint density at radius 1 is 1.09 bits per heavy atom. The number of nitrogens with one attached hydrogen (secondary N) is 1. The number of ether oxygens (including phenoxy) is 1. The van der Waals surface area contributed by atoms with E-state index < -0.39 is 6.03 Å². The maximum absolute atomic E-state index is 12.7. The first kappa shape index (κ1) is 13.9. The standard InChI is InChI=1S/C16H15N3O3/c17-16(21)18-12-7-5-11(6-8-12)15(20)19-9-10-22-14-4-2-1-3-13(14)19/h1-8H,9-10H2,(H3,17,18,21). The molecule has 6 nitrogen and oxygen atoms in total. The molecule has 0 saturated carbocycles. The number of nitrogens with zero attached hydrogens (tertiary/aromatic N) is 1. The number of rotatable bonds is 2. The summed E-state index contributed by atoms with van der Waals surface area (Å²) in [5.74, 6) is 0.593. The summed E-state index contributed by atoms with van der Waals surface area (Å²) >= 11 is 0. The van der Waals surface area contributed by atoms with Gasteiger partial charge in [0.25, 0.3) is 5.91 Å². The largest absolute Gasteiger partial charge is 0.490 e. The topological polar surface area (TPSA) is 84.7 Å². The average molecular weight is 297 g/mol. The van der Waals surface area contributed by atoms with E-state index in [2.05, 4.69) is 5.32 Å². The van der Waals surface area contributed by atoms with E-state index in [9.17, 15) is 9.59 Å². The van der Waals surface area contributed by atoms with E-state index in [0.29, 0.717) is 30.2 Å². The summed E-state index contributed by atoms with van der Waals surface area (Å²) in [5, 5.41) is 2.46. The van der Waals surface area contributed by atoms with Crippen LogP contribution in [0.2, 0.25) is 0 Å². The Hall–Kier alpha value is -3.02. The molecule has 1 heterocycles. The van der Waals surface area contributed by atoms with E-state index in [0.717, 1.165) is 5.69 Å². The van der Waals surface area contributed by atoms with Gasteiger partial charge >= 0.3 is 6.03 Å². The number of nitrogens with two attached hydrogens (primary N) is 1. The number of para-hydroxylation sites is 2. The lowest BCUT2D eigenvalue weighted by Crippen LogP contribution is -2.37. The molecule has 2 aromatic rings. The third-order valence-electron chi connectivity index (χ3n) is 3.37. The summed E-state index contributed by atoms with van der Waals surface area (Å²) in [5.41, 5.74) is 6.90. The molecule has 22 heavy (non-hydrogen) atoms. The smallest absolute Gasteiger partial charge is 0.316 e. The Labute approximate surface area is 127 Å². The minimum atomic E-state index is -0.638. The van der Waals surface area contributed by atoms with E-state index in [1.165, 1.54) is 0 Å². The van der Waals surface area contributed by atoms with Gasteiger partial charge in [-0.25, -0.2) is 4.79 Å². The second kappa shape index (κ2) is 5.77. The zero-order valence-electron chi connectivity index (χ0n) is 11.8. The summed E-state index contributed by atoms with van der Waals surface area (Å²) < 4.78 is 5.55. The Morgan fingerprint density at radius 3 is 2.55 bits per heavy atom. The number of carbonyl (C=O) groups excluding carboxylic acids is 2. The number of benzene rings is 2. The van der Waals surface area contributed by atoms with Crippen LogP contribution in [0.15, 0.2) is 48.5 Å². The Morgan fingerprint density at radius 2 is 1.82 bits per heavy atom. The van der Waals surface area contributed by atoms with Crippen LogP contribution < -0.4 is 20.7 Å². The van der Waals surface area contributed by atoms with Crippen LogP contribution in [-0.4, -0.2) is 25.1 Å². The molecule has 1 aliphatic rings. The van der Waals surface area contributed by atoms with Crippen molar-refractivity contribution in [2.75, 3.05) is 23.4 Å². The third kappa shape index (κ3) is 2.71. The van der Waals surface area contributed by atoms with E-state index in [-0.39, 0.29) is 5.91 Å². The minimum absolute atomic E-state index is 0.110. The van der Waals surface area contributed by atoms with Crippen molar-refractivity contribution in [1.29, 1.82) is 0 Å². The molecule has 0 aliphatic carbocycles. The highest BCUT2D eigenvalue weighted by molar-refractivity contribution is 6.07. The van der Waals surface area contributed by atoms with Crippen molar-refractivity contribution in [2.24, 2.45) is 5.73 Å². The molecule has 0 spiro atoms. The summed E-state index contributed by atoms with van der Waals surface area (Å²) in [6, 6.07) is 13.4. The van der Waals surface area contributed by atoms with Crippen molar-refractivity contribution in [2.45, 2.75) is 0 Å². The van der Waals surface area contributed by atoms with Gasteiger partial charge < -0.3 is 20.7 Å². The molecule has 112 valence electrons. The maximum Gasteiger partial charge on any atom is 0.316 e. The number of hydrogen-bond donors (Lipinski definition) is 2. The van der Waals surface area contributed by atoms with Crippen molar-refractivity contribution < 1.29 is 14.3 Å². The summed E-state index contributed by atoms with van der Waals surface area (Å²) in [6.45, 7) is 0.960. The molecule has 0 aromatic heterocycles. The second-order valence-corrected chi connectivity index (χ2v) is 4.84. The Kier molecular flexibility index (Phi) is 3.65. The van der Waals surface area contributed by atoms with Crippen molar-refractivity contribution >= 4 is 23.3 Å². The van der Waals surface area contributed by atoms with Gasteiger partial charge in [0.1, 0.15) is 12.4 Å². The van der Waals surface area contributed by atoms with Gasteiger partial charge in [-0.15, -0.1) is 0 Å². The number of fused-ring (bicyclic) bond motifs is 1. The number of carbonyl (C=O) groups is 2. The SMILES string of the molecule is NC(=O)Nc1ccc(C(=O)N2CCOc3ccccc32)cc1. The van der Waals surface area contributed by atoms with Crippen LogP contribution >= 0.6 is 0 Å². The molecule has 6 heteroatoms. The highest BCUT2D eigenvalue weighted by atomic mass is 16.5. The zero-order valence-corrected chi connectivity index (χ0v) is 11.8. The molecule has 2 aromatic carbocycles. The highest BCUT2D eigenvalue weighted by Crippen LogP contribution is 2.32. The molecule has 3 rings (SSSR count). The van der Waals surface area contributed by atoms with E-state index in [1.807, 2.05) is 24.3 Å². The zero-order chi connectivity index (χ0) is 15.5. The summed E-state index contributed by atoms with van der Waals surface area (Å²) in [4.78, 5) is 25.1. The number of amides is 3.